The van der Waals surface area contributed by atoms with Crippen molar-refractivity contribution in [2.75, 3.05) is 20.9 Å². The lowest BCUT2D eigenvalue weighted by atomic mass is 10.0. The van der Waals surface area contributed by atoms with E-state index in [-0.39, 0.29) is 18.8 Å². The molecule has 1 unspecified atom stereocenters. The van der Waals surface area contributed by atoms with Gasteiger partial charge in [-0.2, -0.15) is 0 Å². The van der Waals surface area contributed by atoms with Crippen LogP contribution in [0.15, 0.2) is 54.6 Å². The maximum atomic E-state index is 12.6. The first-order valence-electron chi connectivity index (χ1n) is 14.2. The summed E-state index contributed by atoms with van der Waals surface area (Å²) in [5.74, 6) is 0.516. The van der Waals surface area contributed by atoms with Crippen LogP contribution in [0.25, 0.3) is 0 Å². The van der Waals surface area contributed by atoms with E-state index in [1.807, 2.05) is 37.3 Å². The molecule has 0 heterocycles. The van der Waals surface area contributed by atoms with E-state index in [1.165, 1.54) is 81.8 Å². The summed E-state index contributed by atoms with van der Waals surface area (Å²) in [5.41, 5.74) is 2.48. The average molecular weight is 497 g/mol. The Hall–Kier alpha value is -2.33. The third kappa shape index (κ3) is 12.1. The van der Waals surface area contributed by atoms with Crippen molar-refractivity contribution in [1.82, 2.24) is 0 Å². The summed E-state index contributed by atoms with van der Waals surface area (Å²) in [6.45, 7) is 4.89. The lowest BCUT2D eigenvalue weighted by Gasteiger charge is -2.34. The molecular formula is C32H50NO3+. The summed E-state index contributed by atoms with van der Waals surface area (Å²) in [5, 5.41) is 0. The second-order valence-electron chi connectivity index (χ2n) is 10.8. The van der Waals surface area contributed by atoms with Crippen molar-refractivity contribution in [1.29, 1.82) is 0 Å². The molecule has 0 bridgehead atoms. The number of aryl methyl sites for hydroxylation is 1. The quantitative estimate of drug-likeness (QED) is 0.0853. The van der Waals surface area contributed by atoms with Crippen LogP contribution in [0.2, 0.25) is 0 Å². The number of unbranched alkanes of at least 4 members (excludes halogenated alkanes) is 10. The molecule has 0 fully saturated rings. The fourth-order valence-electron chi connectivity index (χ4n) is 4.54. The number of esters is 1. The van der Waals surface area contributed by atoms with E-state index < -0.39 is 0 Å². The molecule has 0 saturated carbocycles. The van der Waals surface area contributed by atoms with Crippen molar-refractivity contribution in [3.8, 4) is 5.75 Å². The Morgan fingerprint density at radius 3 is 2.00 bits per heavy atom. The highest BCUT2D eigenvalue weighted by Gasteiger charge is 2.32. The molecule has 36 heavy (non-hydrogen) atoms. The lowest BCUT2D eigenvalue weighted by Crippen LogP contribution is -2.51. The van der Waals surface area contributed by atoms with Gasteiger partial charge in [0.1, 0.15) is 12.3 Å². The Balaban J connectivity index is 1.61. The number of rotatable bonds is 19. The molecule has 0 aromatic heterocycles. The van der Waals surface area contributed by atoms with Crippen molar-refractivity contribution in [2.45, 2.75) is 103 Å². The molecule has 1 atom stereocenters. The molecule has 0 aliphatic rings. The Morgan fingerprint density at radius 1 is 0.778 bits per heavy atom. The van der Waals surface area contributed by atoms with E-state index in [1.54, 1.807) is 0 Å². The number of nitrogens with zero attached hydrogens (tertiary/aromatic N) is 1. The number of benzene rings is 2. The normalized spacial score (nSPS) is 12.3. The maximum absolute atomic E-state index is 12.6. The number of hydrogen-bond donors (Lipinski definition) is 0. The number of hydrogen-bond acceptors (Lipinski definition) is 3. The Bertz CT molecular complexity index is 849. The largest absolute Gasteiger partial charge is 0.457 e. The molecule has 0 saturated heterocycles. The molecule has 2 aromatic carbocycles. The van der Waals surface area contributed by atoms with E-state index in [0.29, 0.717) is 4.48 Å². The van der Waals surface area contributed by atoms with Gasteiger partial charge >= 0.3 is 5.97 Å². The zero-order valence-corrected chi connectivity index (χ0v) is 23.3. The van der Waals surface area contributed by atoms with Gasteiger partial charge in [-0.1, -0.05) is 114 Å². The Morgan fingerprint density at radius 2 is 1.36 bits per heavy atom. The number of carbonyl (C=O) groups excluding carboxylic acids is 1. The van der Waals surface area contributed by atoms with Crippen LogP contribution < -0.4 is 4.74 Å². The van der Waals surface area contributed by atoms with Gasteiger partial charge in [-0.05, 0) is 37.5 Å². The maximum Gasteiger partial charge on any atom is 0.367 e. The summed E-state index contributed by atoms with van der Waals surface area (Å²) >= 11 is 0. The van der Waals surface area contributed by atoms with E-state index >= 15 is 0 Å². The first kappa shape index (κ1) is 29.9. The third-order valence-corrected chi connectivity index (χ3v) is 7.22. The van der Waals surface area contributed by atoms with Crippen molar-refractivity contribution in [2.24, 2.45) is 0 Å². The minimum atomic E-state index is -0.291. The van der Waals surface area contributed by atoms with Gasteiger partial charge in [-0.15, -0.1) is 0 Å². The zero-order valence-electron chi connectivity index (χ0n) is 23.3. The molecule has 0 aliphatic heterocycles. The highest BCUT2D eigenvalue weighted by molar-refractivity contribution is 5.74. The fraction of sp³-hybridized carbons (Fsp3) is 0.594. The number of likely N-dealkylation sites (N-methyl/N-ethyl adjacent to an activating group) is 1. The molecule has 2 rings (SSSR count). The SMILES string of the molecule is CCCCCCCCCCCCCc1cccc(OCOC(=O)C(C)[N+](C)(C)Cc2ccccc2)c1. The highest BCUT2D eigenvalue weighted by atomic mass is 16.7. The molecule has 2 aromatic rings. The summed E-state index contributed by atoms with van der Waals surface area (Å²) in [7, 11) is 4.11. The van der Waals surface area contributed by atoms with E-state index in [0.717, 1.165) is 18.7 Å². The molecule has 0 radical (unpaired) electrons. The smallest absolute Gasteiger partial charge is 0.367 e. The minimum Gasteiger partial charge on any atom is -0.457 e. The molecule has 200 valence electrons. The van der Waals surface area contributed by atoms with Crippen LogP contribution in [0, 0.1) is 0 Å². The van der Waals surface area contributed by atoms with Gasteiger partial charge in [0, 0.05) is 5.56 Å². The van der Waals surface area contributed by atoms with Gasteiger partial charge in [0.15, 0.2) is 6.04 Å². The summed E-state index contributed by atoms with van der Waals surface area (Å²) in [6, 6.07) is 18.1. The Labute approximate surface area is 220 Å². The van der Waals surface area contributed by atoms with Crippen LogP contribution in [-0.2, 0) is 22.5 Å². The average Bonchev–Trinajstić information content (AvgIpc) is 2.87. The van der Waals surface area contributed by atoms with Crippen LogP contribution in [0.5, 0.6) is 5.75 Å². The monoisotopic (exact) mass is 496 g/mol. The van der Waals surface area contributed by atoms with E-state index in [9.17, 15) is 4.79 Å². The Kier molecular flexibility index (Phi) is 14.3. The van der Waals surface area contributed by atoms with Gasteiger partial charge in [-0.3, -0.25) is 0 Å². The topological polar surface area (TPSA) is 35.5 Å². The molecular weight excluding hydrogens is 446 g/mol. The van der Waals surface area contributed by atoms with Crippen molar-refractivity contribution in [3.63, 3.8) is 0 Å². The summed E-state index contributed by atoms with van der Waals surface area (Å²) < 4.78 is 11.7. The van der Waals surface area contributed by atoms with Crippen LogP contribution in [0.4, 0.5) is 0 Å². The van der Waals surface area contributed by atoms with E-state index in [2.05, 4.69) is 45.3 Å². The van der Waals surface area contributed by atoms with Gasteiger partial charge < -0.3 is 14.0 Å². The van der Waals surface area contributed by atoms with Crippen molar-refractivity contribution < 1.29 is 18.8 Å². The molecule has 0 spiro atoms. The van der Waals surface area contributed by atoms with E-state index in [4.69, 9.17) is 9.47 Å². The lowest BCUT2D eigenvalue weighted by molar-refractivity contribution is -0.917. The predicted molar refractivity (Wildman–Crippen MR) is 150 cm³/mol. The van der Waals surface area contributed by atoms with Gasteiger partial charge in [0.25, 0.3) is 0 Å². The minimum absolute atomic E-state index is 0.0591. The van der Waals surface area contributed by atoms with Crippen LogP contribution >= 0.6 is 0 Å². The third-order valence-electron chi connectivity index (χ3n) is 7.22. The molecule has 0 aliphatic carbocycles. The van der Waals surface area contributed by atoms with Crippen LogP contribution in [0.1, 0.15) is 95.6 Å². The molecule has 0 N–H and O–H groups in total. The van der Waals surface area contributed by atoms with Gasteiger partial charge in [0.05, 0.1) is 14.1 Å². The van der Waals surface area contributed by atoms with Crippen LogP contribution in [0.3, 0.4) is 0 Å². The second kappa shape index (κ2) is 17.2. The van der Waals surface area contributed by atoms with Crippen molar-refractivity contribution in [3.05, 3.63) is 65.7 Å². The first-order valence-corrected chi connectivity index (χ1v) is 14.2. The number of quaternary nitrogens is 1. The number of carbonyl (C=O) groups is 1. The fourth-order valence-corrected chi connectivity index (χ4v) is 4.54. The molecule has 4 nitrogen and oxygen atoms in total. The standard InChI is InChI=1S/C32H50NO3/c1-5-6-7-8-9-10-11-12-13-14-16-20-29-23-19-24-31(25-29)35-27-36-32(34)28(2)33(3,4)26-30-21-17-15-18-22-30/h15,17-19,21-25,28H,5-14,16,20,26-27H2,1-4H3/q+1. The summed E-state index contributed by atoms with van der Waals surface area (Å²) in [6.07, 6.45) is 16.0. The number of ether oxygens (including phenoxy) is 2. The highest BCUT2D eigenvalue weighted by Crippen LogP contribution is 2.18. The first-order chi connectivity index (χ1) is 17.4. The summed E-state index contributed by atoms with van der Waals surface area (Å²) in [4.78, 5) is 12.6. The zero-order chi connectivity index (χ0) is 26.1. The second-order valence-corrected chi connectivity index (χ2v) is 10.8. The van der Waals surface area contributed by atoms with Gasteiger partial charge in [-0.25, -0.2) is 4.79 Å². The molecule has 4 heteroatoms. The van der Waals surface area contributed by atoms with Crippen LogP contribution in [-0.4, -0.2) is 37.4 Å². The molecule has 0 amide bonds. The van der Waals surface area contributed by atoms with Crippen molar-refractivity contribution >= 4 is 5.97 Å². The predicted octanol–water partition coefficient (Wildman–Crippen LogP) is 8.08. The van der Waals surface area contributed by atoms with Gasteiger partial charge in [0.2, 0.25) is 6.79 Å².